The number of hydrogen-bond donors (Lipinski definition) is 0. The summed E-state index contributed by atoms with van der Waals surface area (Å²) in [6.45, 7) is 1.63. The Morgan fingerprint density at radius 1 is 1.14 bits per heavy atom. The van der Waals surface area contributed by atoms with Crippen molar-refractivity contribution in [1.82, 2.24) is 0 Å². The third-order valence-electron chi connectivity index (χ3n) is 2.25. The molecule has 1 heterocycles. The van der Waals surface area contributed by atoms with E-state index in [0.29, 0.717) is 23.4 Å². The lowest BCUT2D eigenvalue weighted by Crippen LogP contribution is -2.02. The molecule has 0 spiro atoms. The largest absolute Gasteiger partial charge is 0.386 e. The SMILES string of the molecule is CC1=C(CCCCCCl)C(=O)OC1=O. The Morgan fingerprint density at radius 3 is 2.36 bits per heavy atom. The lowest BCUT2D eigenvalue weighted by Gasteiger charge is -1.98. The van der Waals surface area contributed by atoms with Crippen molar-refractivity contribution in [3.63, 3.8) is 0 Å². The highest BCUT2D eigenvalue weighted by Gasteiger charge is 2.28. The van der Waals surface area contributed by atoms with Gasteiger partial charge in [0.25, 0.3) is 0 Å². The summed E-state index contributed by atoms with van der Waals surface area (Å²) >= 11 is 5.52. The zero-order valence-electron chi connectivity index (χ0n) is 8.14. The molecule has 1 aliphatic rings. The zero-order valence-corrected chi connectivity index (χ0v) is 8.89. The molecule has 1 rings (SSSR count). The van der Waals surface area contributed by atoms with Crippen LogP contribution in [0.15, 0.2) is 11.1 Å². The van der Waals surface area contributed by atoms with Crippen molar-refractivity contribution in [1.29, 1.82) is 0 Å². The number of carbonyl (C=O) groups is 2. The van der Waals surface area contributed by atoms with Crippen molar-refractivity contribution in [3.8, 4) is 0 Å². The maximum absolute atomic E-state index is 11.1. The van der Waals surface area contributed by atoms with Gasteiger partial charge in [-0.05, 0) is 26.2 Å². The second kappa shape index (κ2) is 5.15. The first-order valence-electron chi connectivity index (χ1n) is 4.69. The fourth-order valence-electron chi connectivity index (χ4n) is 1.36. The molecule has 0 bridgehead atoms. The first kappa shape index (κ1) is 11.2. The van der Waals surface area contributed by atoms with E-state index in [9.17, 15) is 9.59 Å². The molecule has 0 unspecified atom stereocenters. The van der Waals surface area contributed by atoms with Crippen LogP contribution < -0.4 is 0 Å². The fourth-order valence-corrected chi connectivity index (χ4v) is 1.55. The van der Waals surface area contributed by atoms with Crippen molar-refractivity contribution in [3.05, 3.63) is 11.1 Å². The monoisotopic (exact) mass is 216 g/mol. The van der Waals surface area contributed by atoms with Crippen LogP contribution in [0.3, 0.4) is 0 Å². The Morgan fingerprint density at radius 2 is 1.86 bits per heavy atom. The van der Waals surface area contributed by atoms with Crippen LogP contribution in [0.2, 0.25) is 0 Å². The molecule has 0 aliphatic carbocycles. The van der Waals surface area contributed by atoms with E-state index >= 15 is 0 Å². The van der Waals surface area contributed by atoms with Gasteiger partial charge in [-0.3, -0.25) is 0 Å². The van der Waals surface area contributed by atoms with Crippen LogP contribution in [0.5, 0.6) is 0 Å². The Labute approximate surface area is 88.1 Å². The quantitative estimate of drug-likeness (QED) is 0.306. The maximum Gasteiger partial charge on any atom is 0.342 e. The van der Waals surface area contributed by atoms with Crippen molar-refractivity contribution >= 4 is 23.5 Å². The van der Waals surface area contributed by atoms with E-state index in [-0.39, 0.29) is 0 Å². The predicted octanol–water partition coefficient (Wildman–Crippen LogP) is 2.19. The Bertz CT molecular complexity index is 281. The van der Waals surface area contributed by atoms with Gasteiger partial charge in [0.05, 0.1) is 0 Å². The first-order valence-corrected chi connectivity index (χ1v) is 5.22. The minimum Gasteiger partial charge on any atom is -0.386 e. The highest BCUT2D eigenvalue weighted by molar-refractivity contribution is 6.17. The van der Waals surface area contributed by atoms with Crippen LogP contribution in [0.1, 0.15) is 32.6 Å². The number of ether oxygens (including phenoxy) is 1. The van der Waals surface area contributed by atoms with E-state index in [1.165, 1.54) is 0 Å². The zero-order chi connectivity index (χ0) is 10.6. The Balaban J connectivity index is 2.43. The number of rotatable bonds is 5. The van der Waals surface area contributed by atoms with E-state index in [1.54, 1.807) is 6.92 Å². The van der Waals surface area contributed by atoms with Crippen LogP contribution in [-0.2, 0) is 14.3 Å². The summed E-state index contributed by atoms with van der Waals surface area (Å²) in [5, 5.41) is 0. The number of hydrogen-bond acceptors (Lipinski definition) is 3. The summed E-state index contributed by atoms with van der Waals surface area (Å²) in [5.74, 6) is -0.331. The molecule has 0 aromatic carbocycles. The number of carbonyl (C=O) groups excluding carboxylic acids is 2. The predicted molar refractivity (Wildman–Crippen MR) is 53.0 cm³/mol. The molecule has 0 N–H and O–H groups in total. The normalized spacial score (nSPS) is 16.4. The van der Waals surface area contributed by atoms with Gasteiger partial charge in [0.15, 0.2) is 0 Å². The van der Waals surface area contributed by atoms with Crippen LogP contribution in [0.4, 0.5) is 0 Å². The lowest BCUT2D eigenvalue weighted by molar-refractivity contribution is -0.151. The highest BCUT2D eigenvalue weighted by atomic mass is 35.5. The van der Waals surface area contributed by atoms with Gasteiger partial charge in [-0.15, -0.1) is 11.6 Å². The number of alkyl halides is 1. The van der Waals surface area contributed by atoms with Crippen LogP contribution in [0.25, 0.3) is 0 Å². The summed E-state index contributed by atoms with van der Waals surface area (Å²) in [5.41, 5.74) is 0.991. The van der Waals surface area contributed by atoms with Crippen molar-refractivity contribution in [2.24, 2.45) is 0 Å². The van der Waals surface area contributed by atoms with Crippen molar-refractivity contribution in [2.75, 3.05) is 5.88 Å². The van der Waals surface area contributed by atoms with Gasteiger partial charge < -0.3 is 4.74 Å². The lowest BCUT2D eigenvalue weighted by atomic mass is 10.0. The van der Waals surface area contributed by atoms with E-state index in [0.717, 1.165) is 19.3 Å². The van der Waals surface area contributed by atoms with Crippen LogP contribution in [-0.4, -0.2) is 17.8 Å². The van der Waals surface area contributed by atoms with Crippen molar-refractivity contribution < 1.29 is 14.3 Å². The van der Waals surface area contributed by atoms with Gasteiger partial charge >= 0.3 is 11.9 Å². The smallest absolute Gasteiger partial charge is 0.342 e. The van der Waals surface area contributed by atoms with Gasteiger partial charge in [-0.25, -0.2) is 9.59 Å². The second-order valence-corrected chi connectivity index (χ2v) is 3.66. The molecule has 1 aliphatic heterocycles. The molecule has 0 atom stereocenters. The van der Waals surface area contributed by atoms with Crippen molar-refractivity contribution in [2.45, 2.75) is 32.6 Å². The number of esters is 2. The minimum absolute atomic E-state index is 0.459. The van der Waals surface area contributed by atoms with Gasteiger partial charge in [0.1, 0.15) is 0 Å². The summed E-state index contributed by atoms with van der Waals surface area (Å²) in [6.07, 6.45) is 3.41. The van der Waals surface area contributed by atoms with Gasteiger partial charge in [-0.1, -0.05) is 6.42 Å². The van der Waals surface area contributed by atoms with Gasteiger partial charge in [0, 0.05) is 17.0 Å². The summed E-state index contributed by atoms with van der Waals surface area (Å²) < 4.78 is 4.47. The van der Waals surface area contributed by atoms with Gasteiger partial charge in [0.2, 0.25) is 0 Å². The summed E-state index contributed by atoms with van der Waals surface area (Å²) in [7, 11) is 0. The fraction of sp³-hybridized carbons (Fsp3) is 0.600. The number of cyclic esters (lactones) is 2. The summed E-state index contributed by atoms with van der Waals surface area (Å²) in [6, 6.07) is 0. The van der Waals surface area contributed by atoms with Crippen LogP contribution >= 0.6 is 11.6 Å². The Hall–Kier alpha value is -0.830. The Kier molecular flexibility index (Phi) is 4.14. The molecule has 14 heavy (non-hydrogen) atoms. The second-order valence-electron chi connectivity index (χ2n) is 3.28. The molecule has 0 fully saturated rings. The molecule has 0 saturated heterocycles. The highest BCUT2D eigenvalue weighted by Crippen LogP contribution is 2.22. The topological polar surface area (TPSA) is 43.4 Å². The third kappa shape index (κ3) is 2.58. The average Bonchev–Trinajstić information content (AvgIpc) is 2.38. The van der Waals surface area contributed by atoms with Crippen LogP contribution in [0, 0.1) is 0 Å². The van der Waals surface area contributed by atoms with E-state index in [4.69, 9.17) is 11.6 Å². The molecular weight excluding hydrogens is 204 g/mol. The molecular formula is C10H13ClO3. The summed E-state index contributed by atoms with van der Waals surface area (Å²) in [4.78, 5) is 22.1. The molecule has 4 heteroatoms. The molecule has 0 aromatic rings. The third-order valence-corrected chi connectivity index (χ3v) is 2.52. The minimum atomic E-state index is -0.498. The maximum atomic E-state index is 11.1. The van der Waals surface area contributed by atoms with E-state index in [2.05, 4.69) is 4.74 Å². The molecule has 0 aromatic heterocycles. The average molecular weight is 217 g/mol. The molecule has 3 nitrogen and oxygen atoms in total. The van der Waals surface area contributed by atoms with Gasteiger partial charge in [-0.2, -0.15) is 0 Å². The first-order chi connectivity index (χ1) is 6.66. The molecule has 78 valence electrons. The molecule has 0 radical (unpaired) electrons. The molecule has 0 amide bonds. The van der Waals surface area contributed by atoms with E-state index in [1.807, 2.05) is 0 Å². The van der Waals surface area contributed by atoms with E-state index < -0.39 is 11.9 Å². The number of unbranched alkanes of at least 4 members (excludes halogenated alkanes) is 2. The molecule has 0 saturated carbocycles. The standard InChI is InChI=1S/C10H13ClO3/c1-7-8(5-3-2-4-6-11)10(13)14-9(7)12/h2-6H2,1H3. The number of halogens is 1.